The van der Waals surface area contributed by atoms with E-state index in [1.165, 1.54) is 0 Å². The van der Waals surface area contributed by atoms with E-state index < -0.39 is 0 Å². The van der Waals surface area contributed by atoms with Gasteiger partial charge < -0.3 is 15.1 Å². The number of nitrogens with zero attached hydrogens (tertiary/aromatic N) is 2. The predicted octanol–water partition coefficient (Wildman–Crippen LogP) is 1.38. The minimum atomic E-state index is 0.123. The Kier molecular flexibility index (Phi) is 4.19. The fraction of sp³-hybridized carbons (Fsp3) is 0.917. The molecule has 1 atom stereocenters. The summed E-state index contributed by atoms with van der Waals surface area (Å²) in [4.78, 5) is 16.0. The number of piperazine rings is 1. The van der Waals surface area contributed by atoms with E-state index >= 15 is 0 Å². The zero-order chi connectivity index (χ0) is 12.3. The largest absolute Gasteiger partial charge is 0.324 e. The zero-order valence-electron chi connectivity index (χ0n) is 11.2. The minimum Gasteiger partial charge on any atom is -0.324 e. The van der Waals surface area contributed by atoms with E-state index in [4.69, 9.17) is 0 Å². The maximum absolute atomic E-state index is 12.2. The lowest BCUT2D eigenvalue weighted by Crippen LogP contribution is -2.54. The number of hydrogen-bond donors (Lipinski definition) is 1. The summed E-state index contributed by atoms with van der Waals surface area (Å²) in [5.74, 6) is 0. The first-order valence-corrected chi connectivity index (χ1v) is 6.06. The van der Waals surface area contributed by atoms with E-state index in [9.17, 15) is 4.79 Å². The second-order valence-electron chi connectivity index (χ2n) is 5.67. The van der Waals surface area contributed by atoms with E-state index in [1.807, 2.05) is 16.8 Å². The molecule has 0 aromatic rings. The molecule has 0 aliphatic carbocycles. The van der Waals surface area contributed by atoms with Gasteiger partial charge in [0.25, 0.3) is 0 Å². The van der Waals surface area contributed by atoms with Gasteiger partial charge in [-0.05, 0) is 12.3 Å². The molecule has 4 heteroatoms. The van der Waals surface area contributed by atoms with Crippen LogP contribution in [-0.2, 0) is 0 Å². The first kappa shape index (κ1) is 13.3. The van der Waals surface area contributed by atoms with Gasteiger partial charge >= 0.3 is 6.03 Å². The number of nitrogens with one attached hydrogen (secondary N) is 1. The van der Waals surface area contributed by atoms with Crippen molar-refractivity contribution in [3.63, 3.8) is 0 Å². The van der Waals surface area contributed by atoms with Crippen LogP contribution in [0.4, 0.5) is 4.79 Å². The SMILES string of the molecule is CC(N(C)C(=O)N1CCNCC1)C(C)(C)C. The van der Waals surface area contributed by atoms with Gasteiger partial charge in [-0.3, -0.25) is 0 Å². The average molecular weight is 227 g/mol. The molecule has 0 aromatic carbocycles. The van der Waals surface area contributed by atoms with E-state index in [0.29, 0.717) is 0 Å². The van der Waals surface area contributed by atoms with Crippen LogP contribution in [0.2, 0.25) is 0 Å². The third-order valence-electron chi connectivity index (χ3n) is 3.52. The molecule has 0 spiro atoms. The highest BCUT2D eigenvalue weighted by atomic mass is 16.2. The molecule has 16 heavy (non-hydrogen) atoms. The molecule has 0 saturated carbocycles. The van der Waals surface area contributed by atoms with Crippen LogP contribution >= 0.6 is 0 Å². The number of amides is 2. The molecule has 1 N–H and O–H groups in total. The smallest absolute Gasteiger partial charge is 0.320 e. The van der Waals surface area contributed by atoms with Gasteiger partial charge in [0.1, 0.15) is 0 Å². The molecule has 94 valence electrons. The molecule has 1 aliphatic heterocycles. The second kappa shape index (κ2) is 5.04. The second-order valence-corrected chi connectivity index (χ2v) is 5.67. The molecule has 0 bridgehead atoms. The molecule has 1 unspecified atom stereocenters. The molecule has 0 radical (unpaired) electrons. The van der Waals surface area contributed by atoms with Crippen molar-refractivity contribution < 1.29 is 4.79 Å². The van der Waals surface area contributed by atoms with Gasteiger partial charge in [0, 0.05) is 39.3 Å². The van der Waals surface area contributed by atoms with Crippen LogP contribution in [0.3, 0.4) is 0 Å². The summed E-state index contributed by atoms with van der Waals surface area (Å²) in [7, 11) is 1.90. The maximum atomic E-state index is 12.2. The summed E-state index contributed by atoms with van der Waals surface area (Å²) in [6, 6.07) is 0.402. The van der Waals surface area contributed by atoms with Crippen molar-refractivity contribution in [3.8, 4) is 0 Å². The van der Waals surface area contributed by atoms with Crippen LogP contribution in [0.1, 0.15) is 27.7 Å². The van der Waals surface area contributed by atoms with Crippen molar-refractivity contribution in [2.75, 3.05) is 33.2 Å². The van der Waals surface area contributed by atoms with Crippen LogP contribution in [0.5, 0.6) is 0 Å². The predicted molar refractivity (Wildman–Crippen MR) is 66.5 cm³/mol. The Balaban J connectivity index is 2.58. The minimum absolute atomic E-state index is 0.123. The Morgan fingerprint density at radius 1 is 1.31 bits per heavy atom. The third kappa shape index (κ3) is 3.11. The third-order valence-corrected chi connectivity index (χ3v) is 3.52. The molecular formula is C12H25N3O. The Morgan fingerprint density at radius 2 is 1.81 bits per heavy atom. The molecule has 4 nitrogen and oxygen atoms in total. The number of urea groups is 1. The fourth-order valence-electron chi connectivity index (χ4n) is 1.83. The number of carbonyl (C=O) groups excluding carboxylic acids is 1. The van der Waals surface area contributed by atoms with Crippen LogP contribution < -0.4 is 5.32 Å². The van der Waals surface area contributed by atoms with Crippen LogP contribution in [0.15, 0.2) is 0 Å². The first-order valence-electron chi connectivity index (χ1n) is 6.06. The Morgan fingerprint density at radius 3 is 2.25 bits per heavy atom. The van der Waals surface area contributed by atoms with Crippen LogP contribution in [0.25, 0.3) is 0 Å². The Labute approximate surface area is 99.0 Å². The average Bonchev–Trinajstić information content (AvgIpc) is 2.26. The first-order chi connectivity index (χ1) is 7.34. The molecule has 1 rings (SSSR count). The lowest BCUT2D eigenvalue weighted by Gasteiger charge is -2.39. The van der Waals surface area contributed by atoms with Crippen molar-refractivity contribution >= 4 is 6.03 Å². The molecule has 2 amide bonds. The zero-order valence-corrected chi connectivity index (χ0v) is 11.2. The van der Waals surface area contributed by atoms with Gasteiger partial charge in [-0.2, -0.15) is 0 Å². The molecule has 0 aromatic heterocycles. The summed E-state index contributed by atoms with van der Waals surface area (Å²) in [5, 5.41) is 3.26. The molecule has 1 aliphatic rings. The van der Waals surface area contributed by atoms with Crippen LogP contribution in [-0.4, -0.2) is 55.1 Å². The Hall–Kier alpha value is -0.770. The van der Waals surface area contributed by atoms with Crippen molar-refractivity contribution in [2.24, 2.45) is 5.41 Å². The normalized spacial score (nSPS) is 19.4. The highest BCUT2D eigenvalue weighted by Crippen LogP contribution is 2.23. The summed E-state index contributed by atoms with van der Waals surface area (Å²) in [6.07, 6.45) is 0. The summed E-state index contributed by atoms with van der Waals surface area (Å²) in [5.41, 5.74) is 0.123. The van der Waals surface area contributed by atoms with Crippen molar-refractivity contribution in [2.45, 2.75) is 33.7 Å². The van der Waals surface area contributed by atoms with Gasteiger partial charge in [0.05, 0.1) is 0 Å². The summed E-state index contributed by atoms with van der Waals surface area (Å²) >= 11 is 0. The van der Waals surface area contributed by atoms with Gasteiger partial charge in [-0.25, -0.2) is 4.79 Å². The summed E-state index contributed by atoms with van der Waals surface area (Å²) in [6.45, 7) is 12.1. The monoisotopic (exact) mass is 227 g/mol. The van der Waals surface area contributed by atoms with Crippen molar-refractivity contribution in [3.05, 3.63) is 0 Å². The van der Waals surface area contributed by atoms with E-state index in [1.54, 1.807) is 0 Å². The van der Waals surface area contributed by atoms with Crippen molar-refractivity contribution in [1.29, 1.82) is 0 Å². The van der Waals surface area contributed by atoms with E-state index in [-0.39, 0.29) is 17.5 Å². The topological polar surface area (TPSA) is 35.6 Å². The van der Waals surface area contributed by atoms with Crippen molar-refractivity contribution in [1.82, 2.24) is 15.1 Å². The molecule has 1 fully saturated rings. The quantitative estimate of drug-likeness (QED) is 0.734. The standard InChI is InChI=1S/C12H25N3O/c1-10(12(2,3)4)14(5)11(16)15-8-6-13-7-9-15/h10,13H,6-9H2,1-5H3. The van der Waals surface area contributed by atoms with Gasteiger partial charge in [0.15, 0.2) is 0 Å². The highest BCUT2D eigenvalue weighted by molar-refractivity contribution is 5.74. The lowest BCUT2D eigenvalue weighted by molar-refractivity contribution is 0.111. The Bertz CT molecular complexity index is 241. The fourth-order valence-corrected chi connectivity index (χ4v) is 1.83. The van der Waals surface area contributed by atoms with Gasteiger partial charge in [0.2, 0.25) is 0 Å². The lowest BCUT2D eigenvalue weighted by atomic mass is 9.87. The van der Waals surface area contributed by atoms with E-state index in [2.05, 4.69) is 33.0 Å². The van der Waals surface area contributed by atoms with Gasteiger partial charge in [-0.1, -0.05) is 20.8 Å². The number of rotatable bonds is 1. The molecule has 1 heterocycles. The maximum Gasteiger partial charge on any atom is 0.320 e. The number of hydrogen-bond acceptors (Lipinski definition) is 2. The van der Waals surface area contributed by atoms with Gasteiger partial charge in [-0.15, -0.1) is 0 Å². The molecular weight excluding hydrogens is 202 g/mol. The number of carbonyl (C=O) groups is 1. The highest BCUT2D eigenvalue weighted by Gasteiger charge is 2.29. The van der Waals surface area contributed by atoms with Crippen LogP contribution in [0, 0.1) is 5.41 Å². The molecule has 1 saturated heterocycles. The summed E-state index contributed by atoms with van der Waals surface area (Å²) < 4.78 is 0. The van der Waals surface area contributed by atoms with E-state index in [0.717, 1.165) is 26.2 Å².